The Bertz CT molecular complexity index is 295. The Labute approximate surface area is 77.1 Å². The van der Waals surface area contributed by atoms with E-state index in [4.69, 9.17) is 17.3 Å². The van der Waals surface area contributed by atoms with Crippen LogP contribution in [0.4, 0.5) is 0 Å². The first-order valence-corrected chi connectivity index (χ1v) is 4.10. The fourth-order valence-corrected chi connectivity index (χ4v) is 0.978. The maximum Gasteiger partial charge on any atom is 0.131 e. The molecular formula is C9H11ClN2. The third-order valence-corrected chi connectivity index (χ3v) is 1.88. The molecule has 12 heavy (non-hydrogen) atoms. The largest absolute Gasteiger partial charge is 0.327 e. The molecule has 2 nitrogen and oxygen atoms in total. The molecule has 0 saturated carbocycles. The summed E-state index contributed by atoms with van der Waals surface area (Å²) in [5.74, 6) is 0. The molecule has 0 aliphatic rings. The van der Waals surface area contributed by atoms with E-state index in [1.54, 1.807) is 6.20 Å². The van der Waals surface area contributed by atoms with Crippen LogP contribution in [0.2, 0.25) is 5.15 Å². The van der Waals surface area contributed by atoms with Crippen molar-refractivity contribution >= 4 is 17.7 Å². The highest BCUT2D eigenvalue weighted by Crippen LogP contribution is 2.13. The van der Waals surface area contributed by atoms with E-state index in [0.29, 0.717) is 11.7 Å². The Morgan fingerprint density at radius 3 is 3.00 bits per heavy atom. The number of nitrogens with two attached hydrogens (primary N) is 1. The quantitative estimate of drug-likeness (QED) is 0.711. The van der Waals surface area contributed by atoms with Gasteiger partial charge < -0.3 is 5.73 Å². The molecule has 64 valence electrons. The number of halogens is 1. The number of nitrogens with zero attached hydrogens (tertiary/aromatic N) is 1. The molecule has 0 aromatic carbocycles. The van der Waals surface area contributed by atoms with Crippen LogP contribution in [0.5, 0.6) is 0 Å². The molecule has 0 bridgehead atoms. The maximum atomic E-state index is 5.75. The van der Waals surface area contributed by atoms with Gasteiger partial charge in [0.25, 0.3) is 0 Å². The Hall–Kier alpha value is -0.860. The Balaban J connectivity index is 2.89. The Morgan fingerprint density at radius 2 is 2.42 bits per heavy atom. The number of aromatic nitrogens is 1. The highest BCUT2D eigenvalue weighted by molar-refractivity contribution is 6.30. The molecule has 1 aromatic rings. The minimum Gasteiger partial charge on any atom is -0.327 e. The number of hydrogen-bond acceptors (Lipinski definition) is 2. The van der Waals surface area contributed by atoms with Crippen LogP contribution >= 0.6 is 11.6 Å². The van der Waals surface area contributed by atoms with Crippen molar-refractivity contribution in [3.05, 3.63) is 34.6 Å². The van der Waals surface area contributed by atoms with E-state index >= 15 is 0 Å². The fourth-order valence-electron chi connectivity index (χ4n) is 0.875. The van der Waals surface area contributed by atoms with Crippen LogP contribution in [0.3, 0.4) is 0 Å². The van der Waals surface area contributed by atoms with E-state index in [9.17, 15) is 0 Å². The van der Waals surface area contributed by atoms with Crippen molar-refractivity contribution in [3.63, 3.8) is 0 Å². The number of aryl methyl sites for hydroxylation is 1. The van der Waals surface area contributed by atoms with Gasteiger partial charge in [-0.05, 0) is 24.1 Å². The molecule has 0 saturated heterocycles. The smallest absolute Gasteiger partial charge is 0.131 e. The summed E-state index contributed by atoms with van der Waals surface area (Å²) < 4.78 is 0. The standard InChI is InChI=1S/C9H11ClN2/c1-7-5-8(3-2-4-11)6-12-9(7)10/h2-3,5-6H,4,11H2,1H3/b3-2+. The van der Waals surface area contributed by atoms with Gasteiger partial charge in [0.2, 0.25) is 0 Å². The van der Waals surface area contributed by atoms with E-state index in [1.807, 2.05) is 25.1 Å². The van der Waals surface area contributed by atoms with Crippen LogP contribution in [0, 0.1) is 6.92 Å². The van der Waals surface area contributed by atoms with Crippen LogP contribution in [0.25, 0.3) is 6.08 Å². The van der Waals surface area contributed by atoms with Crippen molar-refractivity contribution in [3.8, 4) is 0 Å². The molecule has 0 aliphatic carbocycles. The summed E-state index contributed by atoms with van der Waals surface area (Å²) in [6.45, 7) is 2.47. The molecule has 1 rings (SSSR count). The van der Waals surface area contributed by atoms with Gasteiger partial charge in [0.05, 0.1) is 0 Å². The number of pyridine rings is 1. The normalized spacial score (nSPS) is 10.9. The lowest BCUT2D eigenvalue weighted by atomic mass is 10.2. The third kappa shape index (κ3) is 2.32. The SMILES string of the molecule is Cc1cc(/C=C/CN)cnc1Cl. The van der Waals surface area contributed by atoms with Gasteiger partial charge in [-0.2, -0.15) is 0 Å². The average Bonchev–Trinajstić information content (AvgIpc) is 2.07. The lowest BCUT2D eigenvalue weighted by molar-refractivity contribution is 1.24. The zero-order valence-electron chi connectivity index (χ0n) is 6.92. The monoisotopic (exact) mass is 182 g/mol. The number of hydrogen-bond donors (Lipinski definition) is 1. The summed E-state index contributed by atoms with van der Waals surface area (Å²) in [6.07, 6.45) is 5.53. The van der Waals surface area contributed by atoms with E-state index in [0.717, 1.165) is 11.1 Å². The minimum atomic E-state index is 0.543. The molecule has 0 aliphatic heterocycles. The summed E-state index contributed by atoms with van der Waals surface area (Å²) in [5, 5.41) is 0.555. The van der Waals surface area contributed by atoms with Crippen LogP contribution in [0.15, 0.2) is 18.3 Å². The predicted octanol–water partition coefficient (Wildman–Crippen LogP) is 2.02. The van der Waals surface area contributed by atoms with Crippen molar-refractivity contribution in [1.82, 2.24) is 4.98 Å². The second kappa shape index (κ2) is 4.24. The maximum absolute atomic E-state index is 5.75. The van der Waals surface area contributed by atoms with Crippen molar-refractivity contribution in [2.75, 3.05) is 6.54 Å². The molecule has 1 aromatic heterocycles. The molecule has 0 atom stereocenters. The van der Waals surface area contributed by atoms with Gasteiger partial charge in [-0.15, -0.1) is 0 Å². The van der Waals surface area contributed by atoms with Gasteiger partial charge in [-0.3, -0.25) is 0 Å². The first kappa shape index (κ1) is 9.23. The molecule has 0 unspecified atom stereocenters. The third-order valence-electron chi connectivity index (χ3n) is 1.48. The van der Waals surface area contributed by atoms with E-state index in [-0.39, 0.29) is 0 Å². The Kier molecular flexibility index (Phi) is 3.26. The van der Waals surface area contributed by atoms with Crippen LogP contribution in [-0.4, -0.2) is 11.5 Å². The summed E-state index contributed by atoms with van der Waals surface area (Å²) in [7, 11) is 0. The lowest BCUT2D eigenvalue weighted by Crippen LogP contribution is -1.92. The van der Waals surface area contributed by atoms with Gasteiger partial charge in [0.1, 0.15) is 5.15 Å². The Morgan fingerprint density at radius 1 is 1.67 bits per heavy atom. The zero-order chi connectivity index (χ0) is 8.97. The molecular weight excluding hydrogens is 172 g/mol. The highest BCUT2D eigenvalue weighted by Gasteiger charge is 1.95. The second-order valence-electron chi connectivity index (χ2n) is 2.51. The van der Waals surface area contributed by atoms with Gasteiger partial charge in [-0.1, -0.05) is 23.8 Å². The molecule has 1 heterocycles. The summed E-state index contributed by atoms with van der Waals surface area (Å²) in [5.41, 5.74) is 7.32. The van der Waals surface area contributed by atoms with Crippen LogP contribution < -0.4 is 5.73 Å². The topological polar surface area (TPSA) is 38.9 Å². The molecule has 0 amide bonds. The molecule has 3 heteroatoms. The molecule has 0 spiro atoms. The van der Waals surface area contributed by atoms with Crippen molar-refractivity contribution in [1.29, 1.82) is 0 Å². The summed E-state index contributed by atoms with van der Waals surface area (Å²) >= 11 is 5.75. The van der Waals surface area contributed by atoms with Gasteiger partial charge in [-0.25, -0.2) is 4.98 Å². The van der Waals surface area contributed by atoms with E-state index in [2.05, 4.69) is 4.98 Å². The van der Waals surface area contributed by atoms with E-state index in [1.165, 1.54) is 0 Å². The summed E-state index contributed by atoms with van der Waals surface area (Å²) in [6, 6.07) is 1.97. The van der Waals surface area contributed by atoms with Crippen molar-refractivity contribution in [2.45, 2.75) is 6.92 Å². The predicted molar refractivity (Wildman–Crippen MR) is 52.1 cm³/mol. The minimum absolute atomic E-state index is 0.543. The second-order valence-corrected chi connectivity index (χ2v) is 2.87. The van der Waals surface area contributed by atoms with Gasteiger partial charge in [0.15, 0.2) is 0 Å². The van der Waals surface area contributed by atoms with Gasteiger partial charge in [0, 0.05) is 12.7 Å². The number of rotatable bonds is 2. The summed E-state index contributed by atoms with van der Waals surface area (Å²) in [4.78, 5) is 4.00. The van der Waals surface area contributed by atoms with Gasteiger partial charge >= 0.3 is 0 Å². The average molecular weight is 183 g/mol. The van der Waals surface area contributed by atoms with Crippen molar-refractivity contribution in [2.24, 2.45) is 5.73 Å². The zero-order valence-corrected chi connectivity index (χ0v) is 7.67. The lowest BCUT2D eigenvalue weighted by Gasteiger charge is -1.97. The van der Waals surface area contributed by atoms with E-state index < -0.39 is 0 Å². The molecule has 0 radical (unpaired) electrons. The first-order chi connectivity index (χ1) is 5.74. The molecule has 2 N–H and O–H groups in total. The van der Waals surface area contributed by atoms with Crippen LogP contribution in [-0.2, 0) is 0 Å². The van der Waals surface area contributed by atoms with Crippen molar-refractivity contribution < 1.29 is 0 Å². The van der Waals surface area contributed by atoms with Crippen LogP contribution in [0.1, 0.15) is 11.1 Å². The first-order valence-electron chi connectivity index (χ1n) is 3.73. The highest BCUT2D eigenvalue weighted by atomic mass is 35.5. The fraction of sp³-hybridized carbons (Fsp3) is 0.222. The molecule has 0 fully saturated rings.